The van der Waals surface area contributed by atoms with Crippen LogP contribution in [0.5, 0.6) is 11.5 Å². The molecular formula is C20H20Cl2N2O4. The van der Waals surface area contributed by atoms with Gasteiger partial charge in [-0.15, -0.1) is 0 Å². The number of ether oxygens (including phenoxy) is 2. The molecule has 2 aromatic carbocycles. The molecule has 0 bridgehead atoms. The van der Waals surface area contributed by atoms with E-state index >= 15 is 0 Å². The fourth-order valence-corrected chi connectivity index (χ4v) is 3.20. The van der Waals surface area contributed by atoms with Crippen molar-refractivity contribution in [3.63, 3.8) is 0 Å². The Morgan fingerprint density at radius 3 is 2.82 bits per heavy atom. The highest BCUT2D eigenvalue weighted by Gasteiger charge is 2.17. The number of hydrogen-bond donors (Lipinski definition) is 2. The molecule has 0 aromatic heterocycles. The Kier molecular flexibility index (Phi) is 6.65. The van der Waals surface area contributed by atoms with E-state index in [9.17, 15) is 9.59 Å². The number of anilines is 1. The molecule has 3 rings (SSSR count). The molecule has 28 heavy (non-hydrogen) atoms. The molecule has 0 saturated carbocycles. The number of amides is 2. The normalized spacial score (nSPS) is 13.9. The fourth-order valence-electron chi connectivity index (χ4n) is 2.75. The molecule has 0 aliphatic carbocycles. The van der Waals surface area contributed by atoms with Gasteiger partial charge in [-0.25, -0.2) is 0 Å². The molecular weight excluding hydrogens is 403 g/mol. The number of aryl methyl sites for hydroxylation is 1. The Hall–Kier alpha value is -2.44. The molecule has 1 heterocycles. The minimum atomic E-state index is -0.717. The van der Waals surface area contributed by atoms with Crippen LogP contribution in [0.15, 0.2) is 36.4 Å². The minimum absolute atomic E-state index is 0.0279. The van der Waals surface area contributed by atoms with E-state index in [-0.39, 0.29) is 11.8 Å². The zero-order chi connectivity index (χ0) is 20.1. The summed E-state index contributed by atoms with van der Waals surface area (Å²) in [6.45, 7) is 2.28. The topological polar surface area (TPSA) is 76.7 Å². The van der Waals surface area contributed by atoms with Gasteiger partial charge in [0.05, 0.1) is 11.6 Å². The van der Waals surface area contributed by atoms with E-state index in [2.05, 4.69) is 10.6 Å². The quantitative estimate of drug-likeness (QED) is 0.664. The molecule has 0 fully saturated rings. The predicted octanol–water partition coefficient (Wildman–Crippen LogP) is 3.84. The molecule has 0 spiro atoms. The summed E-state index contributed by atoms with van der Waals surface area (Å²) >= 11 is 11.9. The smallest absolute Gasteiger partial charge is 0.260 e. The maximum absolute atomic E-state index is 12.2. The van der Waals surface area contributed by atoms with Crippen molar-refractivity contribution < 1.29 is 19.1 Å². The first-order valence-electron chi connectivity index (χ1n) is 8.87. The summed E-state index contributed by atoms with van der Waals surface area (Å²) in [5.74, 6) is 0.843. The molecule has 148 valence electrons. The lowest BCUT2D eigenvalue weighted by molar-refractivity contribution is -0.127. The van der Waals surface area contributed by atoms with Crippen LogP contribution in [0, 0.1) is 0 Å². The summed E-state index contributed by atoms with van der Waals surface area (Å²) in [6.07, 6.45) is 0.449. The van der Waals surface area contributed by atoms with Crippen LogP contribution in [0.4, 0.5) is 5.69 Å². The third-order valence-electron chi connectivity index (χ3n) is 4.21. The molecule has 8 heteroatoms. The van der Waals surface area contributed by atoms with E-state index in [4.69, 9.17) is 32.7 Å². The largest absolute Gasteiger partial charge is 0.492 e. The molecule has 1 aliphatic rings. The van der Waals surface area contributed by atoms with Gasteiger partial charge in [0.2, 0.25) is 5.91 Å². The van der Waals surface area contributed by atoms with Crippen LogP contribution in [0.3, 0.4) is 0 Å². The average Bonchev–Trinajstić information content (AvgIpc) is 2.67. The van der Waals surface area contributed by atoms with E-state index in [1.54, 1.807) is 31.2 Å². The number of carbonyl (C=O) groups excluding carboxylic acids is 2. The zero-order valence-electron chi connectivity index (χ0n) is 15.3. The molecule has 2 aromatic rings. The van der Waals surface area contributed by atoms with Gasteiger partial charge in [-0.1, -0.05) is 23.2 Å². The highest BCUT2D eigenvalue weighted by Crippen LogP contribution is 2.28. The third kappa shape index (κ3) is 5.30. The maximum atomic E-state index is 12.2. The molecule has 1 unspecified atom stereocenters. The van der Waals surface area contributed by atoms with Gasteiger partial charge < -0.3 is 20.1 Å². The Morgan fingerprint density at radius 1 is 1.21 bits per heavy atom. The first-order valence-corrected chi connectivity index (χ1v) is 9.63. The van der Waals surface area contributed by atoms with Gasteiger partial charge in [0.1, 0.15) is 18.1 Å². The average molecular weight is 423 g/mol. The van der Waals surface area contributed by atoms with Crippen LogP contribution >= 0.6 is 23.2 Å². The third-order valence-corrected chi connectivity index (χ3v) is 4.74. The lowest BCUT2D eigenvalue weighted by Gasteiger charge is -2.18. The second-order valence-corrected chi connectivity index (χ2v) is 7.19. The van der Waals surface area contributed by atoms with Crippen molar-refractivity contribution in [3.05, 3.63) is 52.0 Å². The molecule has 2 amide bonds. The summed E-state index contributed by atoms with van der Waals surface area (Å²) in [4.78, 5) is 23.5. The molecule has 1 aliphatic heterocycles. The van der Waals surface area contributed by atoms with Gasteiger partial charge in [0.15, 0.2) is 6.10 Å². The van der Waals surface area contributed by atoms with Crippen LogP contribution < -0.4 is 20.1 Å². The minimum Gasteiger partial charge on any atom is -0.492 e. The number of nitrogens with one attached hydrogen (secondary N) is 2. The highest BCUT2D eigenvalue weighted by molar-refractivity contribution is 6.35. The second-order valence-electron chi connectivity index (χ2n) is 6.34. The summed E-state index contributed by atoms with van der Waals surface area (Å²) in [5, 5.41) is 6.43. The zero-order valence-corrected chi connectivity index (χ0v) is 16.8. The van der Waals surface area contributed by atoms with Crippen LogP contribution in [0.1, 0.15) is 18.9 Å². The van der Waals surface area contributed by atoms with Gasteiger partial charge in [0, 0.05) is 17.1 Å². The van der Waals surface area contributed by atoms with E-state index < -0.39 is 6.10 Å². The van der Waals surface area contributed by atoms with Crippen LogP contribution in [0.25, 0.3) is 0 Å². The summed E-state index contributed by atoms with van der Waals surface area (Å²) in [6, 6.07) is 10.3. The van der Waals surface area contributed by atoms with E-state index in [1.807, 2.05) is 12.1 Å². The monoisotopic (exact) mass is 422 g/mol. The van der Waals surface area contributed by atoms with Crippen molar-refractivity contribution >= 4 is 40.7 Å². The Labute approximate surface area is 173 Å². The lowest BCUT2D eigenvalue weighted by atomic mass is 10.0. The van der Waals surface area contributed by atoms with Crippen LogP contribution in [-0.4, -0.2) is 31.1 Å². The molecule has 0 radical (unpaired) electrons. The van der Waals surface area contributed by atoms with Gasteiger partial charge in [-0.3, -0.25) is 9.59 Å². The Morgan fingerprint density at radius 2 is 2.04 bits per heavy atom. The number of carbonyl (C=O) groups is 2. The van der Waals surface area contributed by atoms with Crippen molar-refractivity contribution in [2.24, 2.45) is 0 Å². The van der Waals surface area contributed by atoms with Crippen molar-refractivity contribution in [3.8, 4) is 11.5 Å². The fraction of sp³-hybridized carbons (Fsp3) is 0.300. The summed E-state index contributed by atoms with van der Waals surface area (Å²) < 4.78 is 11.2. The number of halogens is 2. The van der Waals surface area contributed by atoms with E-state index in [1.165, 1.54) is 0 Å². The molecule has 0 saturated heterocycles. The second kappa shape index (κ2) is 9.17. The van der Waals surface area contributed by atoms with Crippen molar-refractivity contribution in [2.45, 2.75) is 25.9 Å². The van der Waals surface area contributed by atoms with Gasteiger partial charge in [0.25, 0.3) is 5.91 Å². The molecule has 2 N–H and O–H groups in total. The first kappa shape index (κ1) is 20.3. The van der Waals surface area contributed by atoms with Crippen molar-refractivity contribution in [1.82, 2.24) is 5.32 Å². The standard InChI is InChI=1S/C20H20Cl2N2O4/c1-12(28-18-6-3-14(21)11-16(18)22)20(26)23-8-9-27-15-4-5-17-13(10-15)2-7-19(25)24-17/h3-6,10-12H,2,7-9H2,1H3,(H,23,26)(H,24,25). The van der Waals surface area contributed by atoms with Gasteiger partial charge >= 0.3 is 0 Å². The Bertz CT molecular complexity index is 889. The Balaban J connectivity index is 1.43. The number of benzene rings is 2. The molecule has 1 atom stereocenters. The van der Waals surface area contributed by atoms with Crippen LogP contribution in [-0.2, 0) is 16.0 Å². The van der Waals surface area contributed by atoms with Crippen LogP contribution in [0.2, 0.25) is 10.0 Å². The van der Waals surface area contributed by atoms with Gasteiger partial charge in [-0.05, 0) is 55.3 Å². The maximum Gasteiger partial charge on any atom is 0.260 e. The van der Waals surface area contributed by atoms with E-state index in [0.717, 1.165) is 11.3 Å². The first-order chi connectivity index (χ1) is 13.4. The van der Waals surface area contributed by atoms with Gasteiger partial charge in [-0.2, -0.15) is 0 Å². The predicted molar refractivity (Wildman–Crippen MR) is 108 cm³/mol. The number of fused-ring (bicyclic) bond motifs is 1. The van der Waals surface area contributed by atoms with E-state index in [0.29, 0.717) is 47.5 Å². The van der Waals surface area contributed by atoms with Crippen molar-refractivity contribution in [1.29, 1.82) is 0 Å². The lowest BCUT2D eigenvalue weighted by Crippen LogP contribution is -2.38. The highest BCUT2D eigenvalue weighted by atomic mass is 35.5. The number of rotatable bonds is 7. The SMILES string of the molecule is CC(Oc1ccc(Cl)cc1Cl)C(=O)NCCOc1ccc2c(c1)CCC(=O)N2. The summed E-state index contributed by atoms with van der Waals surface area (Å²) in [7, 11) is 0. The van der Waals surface area contributed by atoms with Crippen molar-refractivity contribution in [2.75, 3.05) is 18.5 Å². The summed E-state index contributed by atoms with van der Waals surface area (Å²) in [5.41, 5.74) is 1.87. The number of hydrogen-bond acceptors (Lipinski definition) is 4. The molecule has 6 nitrogen and oxygen atoms in total.